The molecule has 0 aliphatic rings. The predicted octanol–water partition coefficient (Wildman–Crippen LogP) is 2.22. The van der Waals surface area contributed by atoms with Gasteiger partial charge >= 0.3 is 12.1 Å². The Bertz CT molecular complexity index is 596. The molecule has 0 radical (unpaired) electrons. The fourth-order valence-corrected chi connectivity index (χ4v) is 2.71. The molecule has 112 valence electrons. The highest BCUT2D eigenvalue weighted by Gasteiger charge is 2.40. The second-order valence-electron chi connectivity index (χ2n) is 4.24. The van der Waals surface area contributed by atoms with E-state index in [0.29, 0.717) is 0 Å². The Labute approximate surface area is 114 Å². The molecule has 0 saturated carbocycles. The minimum Gasteiger partial charge on any atom is -0.341 e. The number of halogens is 3. The molecule has 1 atom stereocenters. The summed E-state index contributed by atoms with van der Waals surface area (Å²) in [5, 5.41) is 1.81. The van der Waals surface area contributed by atoms with Gasteiger partial charge in [0.15, 0.2) is 9.84 Å². The summed E-state index contributed by atoms with van der Waals surface area (Å²) in [5.74, 6) is -2.09. The summed E-state index contributed by atoms with van der Waals surface area (Å²) >= 11 is 0. The van der Waals surface area contributed by atoms with Crippen molar-refractivity contribution in [3.05, 3.63) is 29.8 Å². The van der Waals surface area contributed by atoms with Crippen LogP contribution in [0.25, 0.3) is 0 Å². The zero-order valence-corrected chi connectivity index (χ0v) is 11.7. The van der Waals surface area contributed by atoms with Gasteiger partial charge in [-0.2, -0.15) is 13.2 Å². The molecule has 0 saturated heterocycles. The van der Waals surface area contributed by atoms with Gasteiger partial charge in [0, 0.05) is 6.26 Å². The minimum atomic E-state index is -5.01. The average molecular weight is 309 g/mol. The Morgan fingerprint density at radius 3 is 2.30 bits per heavy atom. The third-order valence-electron chi connectivity index (χ3n) is 2.66. The van der Waals surface area contributed by atoms with Crippen molar-refractivity contribution in [2.45, 2.75) is 30.5 Å². The van der Waals surface area contributed by atoms with Gasteiger partial charge in [-0.3, -0.25) is 4.79 Å². The molecule has 4 nitrogen and oxygen atoms in total. The van der Waals surface area contributed by atoms with Gasteiger partial charge in [-0.15, -0.1) is 0 Å². The second kappa shape index (κ2) is 5.82. The van der Waals surface area contributed by atoms with Gasteiger partial charge in [-0.1, -0.05) is 25.1 Å². The van der Waals surface area contributed by atoms with Crippen LogP contribution in [0.5, 0.6) is 0 Å². The zero-order chi connectivity index (χ0) is 15.6. The first kappa shape index (κ1) is 16.5. The number of carbonyl (C=O) groups is 1. The average Bonchev–Trinajstić information content (AvgIpc) is 2.33. The van der Waals surface area contributed by atoms with E-state index in [1.54, 1.807) is 6.92 Å². The van der Waals surface area contributed by atoms with Crippen molar-refractivity contribution >= 4 is 15.7 Å². The number of carbonyl (C=O) groups excluding carboxylic acids is 1. The second-order valence-corrected chi connectivity index (χ2v) is 6.23. The van der Waals surface area contributed by atoms with Crippen LogP contribution < -0.4 is 5.32 Å². The molecule has 0 aliphatic heterocycles. The smallest absolute Gasteiger partial charge is 0.341 e. The molecule has 0 bridgehead atoms. The number of rotatable bonds is 4. The van der Waals surface area contributed by atoms with Gasteiger partial charge < -0.3 is 5.32 Å². The topological polar surface area (TPSA) is 63.2 Å². The van der Waals surface area contributed by atoms with Crippen LogP contribution >= 0.6 is 0 Å². The maximum atomic E-state index is 12.3. The molecule has 1 rings (SSSR count). The Balaban J connectivity index is 3.18. The molecule has 0 spiro atoms. The van der Waals surface area contributed by atoms with Crippen molar-refractivity contribution in [2.75, 3.05) is 6.26 Å². The molecule has 1 unspecified atom stereocenters. The lowest BCUT2D eigenvalue weighted by molar-refractivity contribution is -0.174. The van der Waals surface area contributed by atoms with Gasteiger partial charge in [-0.25, -0.2) is 8.42 Å². The highest BCUT2D eigenvalue weighted by Crippen LogP contribution is 2.26. The number of amides is 1. The SMILES string of the molecule is CCC(NC(=O)C(F)(F)F)c1ccccc1S(C)(=O)=O. The number of hydrogen-bond donors (Lipinski definition) is 1. The number of benzene rings is 1. The summed E-state index contributed by atoms with van der Waals surface area (Å²) in [4.78, 5) is 10.9. The zero-order valence-electron chi connectivity index (χ0n) is 10.9. The van der Waals surface area contributed by atoms with Crippen LogP contribution in [0.2, 0.25) is 0 Å². The maximum Gasteiger partial charge on any atom is 0.471 e. The third kappa shape index (κ3) is 3.96. The molecule has 0 aliphatic carbocycles. The highest BCUT2D eigenvalue weighted by atomic mass is 32.2. The largest absolute Gasteiger partial charge is 0.471 e. The lowest BCUT2D eigenvalue weighted by Crippen LogP contribution is -2.39. The van der Waals surface area contributed by atoms with Gasteiger partial charge in [0.2, 0.25) is 0 Å². The Morgan fingerprint density at radius 1 is 1.30 bits per heavy atom. The first-order valence-corrected chi connectivity index (χ1v) is 7.63. The lowest BCUT2D eigenvalue weighted by atomic mass is 10.0. The van der Waals surface area contributed by atoms with E-state index >= 15 is 0 Å². The molecule has 0 fully saturated rings. The van der Waals surface area contributed by atoms with E-state index in [1.807, 2.05) is 5.32 Å². The first-order valence-electron chi connectivity index (χ1n) is 5.74. The van der Waals surface area contributed by atoms with Crippen LogP contribution in [-0.4, -0.2) is 26.8 Å². The quantitative estimate of drug-likeness (QED) is 0.927. The van der Waals surface area contributed by atoms with Gasteiger partial charge in [0.05, 0.1) is 10.9 Å². The predicted molar refractivity (Wildman–Crippen MR) is 66.8 cm³/mol. The molecular formula is C12H14F3NO3S. The van der Waals surface area contributed by atoms with Crippen molar-refractivity contribution in [1.29, 1.82) is 0 Å². The van der Waals surface area contributed by atoms with Crippen molar-refractivity contribution in [3.8, 4) is 0 Å². The van der Waals surface area contributed by atoms with E-state index in [0.717, 1.165) is 6.26 Å². The summed E-state index contributed by atoms with van der Waals surface area (Å²) < 4.78 is 60.0. The van der Waals surface area contributed by atoms with Crippen LogP contribution in [0.4, 0.5) is 13.2 Å². The fourth-order valence-electron chi connectivity index (χ4n) is 1.75. The van der Waals surface area contributed by atoms with E-state index < -0.39 is 28.0 Å². The molecule has 8 heteroatoms. The summed E-state index contributed by atoms with van der Waals surface area (Å²) in [6, 6.07) is 4.65. The van der Waals surface area contributed by atoms with Crippen LogP contribution in [0.15, 0.2) is 29.2 Å². The molecule has 1 aromatic rings. The van der Waals surface area contributed by atoms with E-state index in [9.17, 15) is 26.4 Å². The third-order valence-corrected chi connectivity index (χ3v) is 3.84. The summed E-state index contributed by atoms with van der Waals surface area (Å²) in [5.41, 5.74) is 0.148. The fraction of sp³-hybridized carbons (Fsp3) is 0.417. The van der Waals surface area contributed by atoms with E-state index in [4.69, 9.17) is 0 Å². The van der Waals surface area contributed by atoms with Crippen LogP contribution in [0.1, 0.15) is 24.9 Å². The van der Waals surface area contributed by atoms with Crippen LogP contribution in [0, 0.1) is 0 Å². The number of nitrogens with one attached hydrogen (secondary N) is 1. The van der Waals surface area contributed by atoms with E-state index in [1.165, 1.54) is 24.3 Å². The monoisotopic (exact) mass is 309 g/mol. The van der Waals surface area contributed by atoms with Crippen LogP contribution in [-0.2, 0) is 14.6 Å². The van der Waals surface area contributed by atoms with E-state index in [-0.39, 0.29) is 16.9 Å². The number of alkyl halides is 3. The molecule has 1 N–H and O–H groups in total. The normalized spacial score (nSPS) is 13.8. The van der Waals surface area contributed by atoms with Crippen molar-refractivity contribution in [1.82, 2.24) is 5.32 Å². The Hall–Kier alpha value is -1.57. The van der Waals surface area contributed by atoms with Gasteiger partial charge in [0.25, 0.3) is 0 Å². The van der Waals surface area contributed by atoms with Crippen LogP contribution in [0.3, 0.4) is 0 Å². The van der Waals surface area contributed by atoms with Crippen molar-refractivity contribution in [2.24, 2.45) is 0 Å². The van der Waals surface area contributed by atoms with E-state index in [2.05, 4.69) is 0 Å². The Kier molecular flexibility index (Phi) is 4.80. The molecule has 1 amide bonds. The minimum absolute atomic E-state index is 0.0886. The summed E-state index contributed by atoms with van der Waals surface area (Å²) in [7, 11) is -3.59. The first-order chi connectivity index (χ1) is 9.07. The lowest BCUT2D eigenvalue weighted by Gasteiger charge is -2.20. The molecular weight excluding hydrogens is 295 g/mol. The molecule has 20 heavy (non-hydrogen) atoms. The summed E-state index contributed by atoms with van der Waals surface area (Å²) in [6.45, 7) is 1.56. The maximum absolute atomic E-state index is 12.3. The van der Waals surface area contributed by atoms with Gasteiger partial charge in [0.1, 0.15) is 0 Å². The van der Waals surface area contributed by atoms with Crippen molar-refractivity contribution < 1.29 is 26.4 Å². The number of hydrogen-bond acceptors (Lipinski definition) is 3. The summed E-state index contributed by atoms with van der Waals surface area (Å²) in [6.07, 6.45) is -3.91. The molecule has 0 heterocycles. The highest BCUT2D eigenvalue weighted by molar-refractivity contribution is 7.90. The molecule has 0 aromatic heterocycles. The Morgan fingerprint density at radius 2 is 1.85 bits per heavy atom. The van der Waals surface area contributed by atoms with Gasteiger partial charge in [-0.05, 0) is 18.1 Å². The number of sulfone groups is 1. The molecule has 1 aromatic carbocycles. The van der Waals surface area contributed by atoms with Crippen molar-refractivity contribution in [3.63, 3.8) is 0 Å². The standard InChI is InChI=1S/C12H14F3NO3S/c1-3-9(16-11(17)12(13,14)15)8-6-4-5-7-10(8)20(2,18)19/h4-7,9H,3H2,1-2H3,(H,16,17).